The Hall–Kier alpha value is -4.33. The van der Waals surface area contributed by atoms with Crippen LogP contribution < -0.4 is 20.1 Å². The van der Waals surface area contributed by atoms with Gasteiger partial charge in [-0.3, -0.25) is 14.4 Å². The van der Waals surface area contributed by atoms with Crippen molar-refractivity contribution in [3.05, 3.63) is 83.9 Å². The average Bonchev–Trinajstić information content (AvgIpc) is 2.91. The molecular weight excluding hydrogens is 448 g/mol. The number of hydrogen-bond acceptors (Lipinski definition) is 6. The molecule has 0 fully saturated rings. The van der Waals surface area contributed by atoms with Crippen molar-refractivity contribution in [3.63, 3.8) is 0 Å². The van der Waals surface area contributed by atoms with Crippen LogP contribution >= 0.6 is 0 Å². The fourth-order valence-corrected chi connectivity index (χ4v) is 3.54. The van der Waals surface area contributed by atoms with Gasteiger partial charge in [-0.15, -0.1) is 0 Å². The first-order valence-electron chi connectivity index (χ1n) is 11.3. The number of hydrogen-bond donors (Lipinski definition) is 2. The molecule has 1 aliphatic rings. The number of benzene rings is 3. The second kappa shape index (κ2) is 11.7. The molecule has 35 heavy (non-hydrogen) atoms. The van der Waals surface area contributed by atoms with Crippen molar-refractivity contribution in [1.82, 2.24) is 10.6 Å². The fraction of sp³-hybridized carbons (Fsp3) is 0.222. The van der Waals surface area contributed by atoms with E-state index in [-0.39, 0.29) is 6.54 Å². The maximum Gasteiger partial charge on any atom is 0.325 e. The molecule has 8 heteroatoms. The smallest absolute Gasteiger partial charge is 0.325 e. The molecule has 0 saturated carbocycles. The van der Waals surface area contributed by atoms with Gasteiger partial charge in [-0.1, -0.05) is 48.5 Å². The van der Waals surface area contributed by atoms with Gasteiger partial charge in [0.15, 0.2) is 18.1 Å². The van der Waals surface area contributed by atoms with Gasteiger partial charge in [-0.05, 0) is 47.4 Å². The molecule has 2 amide bonds. The first-order valence-corrected chi connectivity index (χ1v) is 11.3. The second-order valence-corrected chi connectivity index (χ2v) is 7.86. The molecule has 3 aromatic carbocycles. The number of esters is 1. The lowest BCUT2D eigenvalue weighted by Crippen LogP contribution is -2.34. The SMILES string of the molecule is O=C(COC(=O)CNC(=O)c1ccc(-c2ccccc2)cc1)NCCc1ccc2c(c1)OCCO2. The van der Waals surface area contributed by atoms with Crippen molar-refractivity contribution in [1.29, 1.82) is 0 Å². The number of amides is 2. The highest BCUT2D eigenvalue weighted by atomic mass is 16.6. The summed E-state index contributed by atoms with van der Waals surface area (Å²) in [6, 6.07) is 22.5. The van der Waals surface area contributed by atoms with Crippen molar-refractivity contribution in [3.8, 4) is 22.6 Å². The number of fused-ring (bicyclic) bond motifs is 1. The lowest BCUT2D eigenvalue weighted by atomic mass is 10.0. The Balaban J connectivity index is 1.13. The molecule has 1 aliphatic heterocycles. The van der Waals surface area contributed by atoms with Crippen LogP contribution in [0.5, 0.6) is 11.5 Å². The predicted molar refractivity (Wildman–Crippen MR) is 129 cm³/mol. The van der Waals surface area contributed by atoms with E-state index in [2.05, 4.69) is 10.6 Å². The van der Waals surface area contributed by atoms with Crippen LogP contribution in [-0.4, -0.2) is 50.7 Å². The minimum Gasteiger partial charge on any atom is -0.486 e. The van der Waals surface area contributed by atoms with Gasteiger partial charge in [-0.2, -0.15) is 0 Å². The molecular formula is C27H26N2O6. The summed E-state index contributed by atoms with van der Waals surface area (Å²) in [6.07, 6.45) is 0.593. The van der Waals surface area contributed by atoms with Crippen LogP contribution in [0.2, 0.25) is 0 Å². The zero-order valence-corrected chi connectivity index (χ0v) is 19.1. The quantitative estimate of drug-likeness (QED) is 0.463. The number of carbonyl (C=O) groups is 3. The standard InChI is InChI=1S/C27H26N2O6/c30-25(28-13-12-19-6-11-23-24(16-19)34-15-14-33-23)18-35-26(31)17-29-27(32)22-9-7-21(8-10-22)20-4-2-1-3-5-20/h1-11,16H,12-15,17-18H2,(H,28,30)(H,29,32). The Bertz CT molecular complexity index is 1180. The highest BCUT2D eigenvalue weighted by molar-refractivity contribution is 5.96. The summed E-state index contributed by atoms with van der Waals surface area (Å²) in [5.74, 6) is -0.0964. The lowest BCUT2D eigenvalue weighted by molar-refractivity contribution is -0.147. The summed E-state index contributed by atoms with van der Waals surface area (Å²) in [7, 11) is 0. The molecule has 0 radical (unpaired) electrons. The van der Waals surface area contributed by atoms with Crippen LogP contribution in [0.4, 0.5) is 0 Å². The number of ether oxygens (including phenoxy) is 3. The summed E-state index contributed by atoms with van der Waals surface area (Å²) in [4.78, 5) is 36.2. The number of rotatable bonds is 9. The van der Waals surface area contributed by atoms with Crippen molar-refractivity contribution in [2.45, 2.75) is 6.42 Å². The third-order valence-electron chi connectivity index (χ3n) is 5.35. The van der Waals surface area contributed by atoms with Crippen LogP contribution in [0.15, 0.2) is 72.8 Å². The molecule has 0 saturated heterocycles. The van der Waals surface area contributed by atoms with Crippen LogP contribution in [0.1, 0.15) is 15.9 Å². The third kappa shape index (κ3) is 6.83. The van der Waals surface area contributed by atoms with Crippen molar-refractivity contribution in [2.24, 2.45) is 0 Å². The summed E-state index contributed by atoms with van der Waals surface area (Å²) in [5, 5.41) is 5.20. The minimum absolute atomic E-state index is 0.330. The molecule has 4 rings (SSSR count). The molecule has 0 unspecified atom stereocenters. The van der Waals surface area contributed by atoms with Gasteiger partial charge in [0, 0.05) is 12.1 Å². The van der Waals surface area contributed by atoms with Crippen molar-refractivity contribution in [2.75, 3.05) is 32.9 Å². The predicted octanol–water partition coefficient (Wildman–Crippen LogP) is 2.76. The van der Waals surface area contributed by atoms with Crippen LogP contribution in [0.25, 0.3) is 11.1 Å². The molecule has 0 spiro atoms. The Kier molecular flexibility index (Phi) is 7.96. The van der Waals surface area contributed by atoms with Crippen LogP contribution in [0, 0.1) is 0 Å². The molecule has 3 aromatic rings. The van der Waals surface area contributed by atoms with Crippen LogP contribution in [-0.2, 0) is 20.7 Å². The first kappa shape index (κ1) is 23.8. The Labute approximate surface area is 203 Å². The highest BCUT2D eigenvalue weighted by Crippen LogP contribution is 2.30. The van der Waals surface area contributed by atoms with Gasteiger partial charge in [-0.25, -0.2) is 0 Å². The average molecular weight is 475 g/mol. The fourth-order valence-electron chi connectivity index (χ4n) is 3.54. The van der Waals surface area contributed by atoms with E-state index in [9.17, 15) is 14.4 Å². The Morgan fingerprint density at radius 1 is 0.800 bits per heavy atom. The van der Waals surface area contributed by atoms with Gasteiger partial charge in [0.2, 0.25) is 0 Å². The summed E-state index contributed by atoms with van der Waals surface area (Å²) in [5.41, 5.74) is 3.45. The van der Waals surface area contributed by atoms with E-state index in [1.807, 2.05) is 60.7 Å². The van der Waals surface area contributed by atoms with E-state index in [0.717, 1.165) is 16.7 Å². The summed E-state index contributed by atoms with van der Waals surface area (Å²) in [6.45, 7) is 0.684. The topological polar surface area (TPSA) is 103 Å². The molecule has 0 aromatic heterocycles. The maximum absolute atomic E-state index is 12.3. The normalized spacial score (nSPS) is 11.9. The molecule has 2 N–H and O–H groups in total. The second-order valence-electron chi connectivity index (χ2n) is 7.86. The van der Waals surface area contributed by atoms with E-state index in [0.29, 0.717) is 43.2 Å². The molecule has 0 atom stereocenters. The van der Waals surface area contributed by atoms with Gasteiger partial charge >= 0.3 is 5.97 Å². The van der Waals surface area contributed by atoms with Gasteiger partial charge in [0.1, 0.15) is 19.8 Å². The Morgan fingerprint density at radius 3 is 2.29 bits per heavy atom. The maximum atomic E-state index is 12.3. The third-order valence-corrected chi connectivity index (χ3v) is 5.35. The largest absolute Gasteiger partial charge is 0.486 e. The van der Waals surface area contributed by atoms with Gasteiger partial charge in [0.05, 0.1) is 0 Å². The molecule has 8 nitrogen and oxygen atoms in total. The van der Waals surface area contributed by atoms with Crippen molar-refractivity contribution < 1.29 is 28.6 Å². The monoisotopic (exact) mass is 474 g/mol. The van der Waals surface area contributed by atoms with Gasteiger partial charge in [0.25, 0.3) is 11.8 Å². The summed E-state index contributed by atoms with van der Waals surface area (Å²) >= 11 is 0. The number of carbonyl (C=O) groups excluding carboxylic acids is 3. The molecule has 0 bridgehead atoms. The van der Waals surface area contributed by atoms with Crippen molar-refractivity contribution >= 4 is 17.8 Å². The van der Waals surface area contributed by atoms with E-state index in [1.54, 1.807) is 12.1 Å². The zero-order valence-electron chi connectivity index (χ0n) is 19.1. The molecule has 180 valence electrons. The van der Waals surface area contributed by atoms with E-state index in [1.165, 1.54) is 0 Å². The lowest BCUT2D eigenvalue weighted by Gasteiger charge is -2.18. The molecule has 1 heterocycles. The van der Waals surface area contributed by atoms with Crippen LogP contribution in [0.3, 0.4) is 0 Å². The Morgan fingerprint density at radius 2 is 1.51 bits per heavy atom. The number of nitrogens with one attached hydrogen (secondary N) is 2. The highest BCUT2D eigenvalue weighted by Gasteiger charge is 2.13. The van der Waals surface area contributed by atoms with E-state index < -0.39 is 24.4 Å². The summed E-state index contributed by atoms with van der Waals surface area (Å²) < 4.78 is 16.0. The zero-order chi connectivity index (χ0) is 24.5. The van der Waals surface area contributed by atoms with Gasteiger partial charge < -0.3 is 24.8 Å². The molecule has 0 aliphatic carbocycles. The minimum atomic E-state index is -0.693. The first-order chi connectivity index (χ1) is 17.1. The van der Waals surface area contributed by atoms with E-state index >= 15 is 0 Å². The van der Waals surface area contributed by atoms with E-state index in [4.69, 9.17) is 14.2 Å².